The second-order valence-electron chi connectivity index (χ2n) is 4.88. The number of nitrogens with zero attached hydrogens (tertiary/aromatic N) is 2. The molecule has 0 aliphatic carbocycles. The van der Waals surface area contributed by atoms with Gasteiger partial charge in [-0.2, -0.15) is 0 Å². The molecule has 0 radical (unpaired) electrons. The quantitative estimate of drug-likeness (QED) is 0.872. The summed E-state index contributed by atoms with van der Waals surface area (Å²) in [5.74, 6) is 1.73. The molecule has 0 spiro atoms. The van der Waals surface area contributed by atoms with Gasteiger partial charge >= 0.3 is 0 Å². The topological polar surface area (TPSA) is 60.6 Å². The minimum absolute atomic E-state index is 0.0600. The number of ether oxygens (including phenoxy) is 2. The van der Waals surface area contributed by atoms with Gasteiger partial charge in [0.2, 0.25) is 0 Å². The molecule has 5 heteroatoms. The molecule has 0 bridgehead atoms. The van der Waals surface area contributed by atoms with Crippen LogP contribution in [-0.4, -0.2) is 43.4 Å². The van der Waals surface area contributed by atoms with E-state index in [1.165, 1.54) is 0 Å². The van der Waals surface area contributed by atoms with E-state index in [1.807, 2.05) is 12.1 Å². The molecule has 19 heavy (non-hydrogen) atoms. The highest BCUT2D eigenvalue weighted by Crippen LogP contribution is 2.28. The molecule has 1 saturated heterocycles. The average molecular weight is 265 g/mol. The smallest absolute Gasteiger partial charge is 0.171 e. The second kappa shape index (κ2) is 6.73. The highest BCUT2D eigenvalue weighted by atomic mass is 16.5. The van der Waals surface area contributed by atoms with Gasteiger partial charge in [0, 0.05) is 25.8 Å². The highest BCUT2D eigenvalue weighted by Gasteiger charge is 2.26. The molecule has 2 N–H and O–H groups in total. The lowest BCUT2D eigenvalue weighted by atomic mass is 10.2. The number of morpholine rings is 1. The summed E-state index contributed by atoms with van der Waals surface area (Å²) in [6, 6.07) is 3.87. The Morgan fingerprint density at radius 3 is 3.11 bits per heavy atom. The van der Waals surface area contributed by atoms with Gasteiger partial charge in [0.1, 0.15) is 0 Å². The summed E-state index contributed by atoms with van der Waals surface area (Å²) >= 11 is 0. The fourth-order valence-electron chi connectivity index (χ4n) is 2.29. The molecule has 1 aliphatic rings. The second-order valence-corrected chi connectivity index (χ2v) is 4.88. The van der Waals surface area contributed by atoms with Gasteiger partial charge in [0.15, 0.2) is 11.6 Å². The van der Waals surface area contributed by atoms with Crippen LogP contribution in [0.15, 0.2) is 18.3 Å². The molecule has 2 unspecified atom stereocenters. The van der Waals surface area contributed by atoms with Gasteiger partial charge in [0.25, 0.3) is 0 Å². The van der Waals surface area contributed by atoms with Crippen LogP contribution in [0.2, 0.25) is 0 Å². The van der Waals surface area contributed by atoms with Crippen molar-refractivity contribution in [2.75, 3.05) is 31.1 Å². The van der Waals surface area contributed by atoms with Crippen molar-refractivity contribution in [1.29, 1.82) is 0 Å². The summed E-state index contributed by atoms with van der Waals surface area (Å²) in [5, 5.41) is 0. The van der Waals surface area contributed by atoms with Crippen LogP contribution in [0.4, 0.5) is 5.82 Å². The van der Waals surface area contributed by atoms with E-state index >= 15 is 0 Å². The lowest BCUT2D eigenvalue weighted by Crippen LogP contribution is -2.49. The van der Waals surface area contributed by atoms with Crippen LogP contribution < -0.4 is 15.4 Å². The number of hydrogen-bond acceptors (Lipinski definition) is 5. The van der Waals surface area contributed by atoms with Crippen molar-refractivity contribution in [3.8, 4) is 5.75 Å². The predicted molar refractivity (Wildman–Crippen MR) is 75.6 cm³/mol. The molecule has 1 aromatic heterocycles. The van der Waals surface area contributed by atoms with Gasteiger partial charge in [-0.25, -0.2) is 4.98 Å². The fourth-order valence-corrected chi connectivity index (χ4v) is 2.29. The van der Waals surface area contributed by atoms with E-state index in [2.05, 4.69) is 23.7 Å². The molecule has 0 saturated carbocycles. The van der Waals surface area contributed by atoms with Crippen molar-refractivity contribution in [3.05, 3.63) is 18.3 Å². The zero-order valence-corrected chi connectivity index (χ0v) is 11.7. The SMILES string of the molecule is CCCOc1cccnc1N1CC(C)OC(CN)C1. The molecule has 2 heterocycles. The lowest BCUT2D eigenvalue weighted by molar-refractivity contribution is -0.0108. The number of hydrogen-bond donors (Lipinski definition) is 1. The van der Waals surface area contributed by atoms with Gasteiger partial charge in [-0.15, -0.1) is 0 Å². The average Bonchev–Trinajstić information content (AvgIpc) is 2.44. The Bertz CT molecular complexity index is 400. The predicted octanol–water partition coefficient (Wildman–Crippen LogP) is 1.42. The summed E-state index contributed by atoms with van der Waals surface area (Å²) in [4.78, 5) is 6.67. The van der Waals surface area contributed by atoms with Crippen molar-refractivity contribution in [1.82, 2.24) is 4.98 Å². The maximum absolute atomic E-state index is 5.77. The van der Waals surface area contributed by atoms with Crippen molar-refractivity contribution >= 4 is 5.82 Å². The van der Waals surface area contributed by atoms with E-state index in [-0.39, 0.29) is 12.2 Å². The van der Waals surface area contributed by atoms with Crippen LogP contribution in [0.25, 0.3) is 0 Å². The zero-order valence-electron chi connectivity index (χ0n) is 11.7. The molecule has 1 aliphatic heterocycles. The van der Waals surface area contributed by atoms with E-state index < -0.39 is 0 Å². The van der Waals surface area contributed by atoms with Gasteiger partial charge < -0.3 is 20.1 Å². The van der Waals surface area contributed by atoms with Gasteiger partial charge in [-0.05, 0) is 25.5 Å². The van der Waals surface area contributed by atoms with Crippen molar-refractivity contribution in [3.63, 3.8) is 0 Å². The van der Waals surface area contributed by atoms with Gasteiger partial charge in [-0.1, -0.05) is 6.92 Å². The van der Waals surface area contributed by atoms with Crippen LogP contribution in [-0.2, 0) is 4.74 Å². The fraction of sp³-hybridized carbons (Fsp3) is 0.643. The minimum atomic E-state index is 0.0600. The van der Waals surface area contributed by atoms with Gasteiger partial charge in [-0.3, -0.25) is 0 Å². The van der Waals surface area contributed by atoms with E-state index in [0.717, 1.165) is 31.1 Å². The molecule has 0 aromatic carbocycles. The van der Waals surface area contributed by atoms with Gasteiger partial charge in [0.05, 0.1) is 18.8 Å². The van der Waals surface area contributed by atoms with E-state index in [0.29, 0.717) is 13.2 Å². The maximum atomic E-state index is 5.77. The van der Waals surface area contributed by atoms with E-state index in [4.69, 9.17) is 15.2 Å². The zero-order chi connectivity index (χ0) is 13.7. The van der Waals surface area contributed by atoms with Crippen molar-refractivity contribution in [2.45, 2.75) is 32.5 Å². The Balaban J connectivity index is 2.15. The van der Waals surface area contributed by atoms with Crippen LogP contribution >= 0.6 is 0 Å². The Labute approximate surface area is 114 Å². The normalized spacial score (nSPS) is 23.4. The number of anilines is 1. The largest absolute Gasteiger partial charge is 0.490 e. The summed E-state index contributed by atoms with van der Waals surface area (Å²) in [6.07, 6.45) is 3.00. The molecular formula is C14H23N3O2. The Kier molecular flexibility index (Phi) is 4.99. The van der Waals surface area contributed by atoms with Crippen LogP contribution in [0.5, 0.6) is 5.75 Å². The molecule has 2 rings (SSSR count). The lowest BCUT2D eigenvalue weighted by Gasteiger charge is -2.37. The third kappa shape index (κ3) is 3.58. The standard InChI is InChI=1S/C14H23N3O2/c1-3-7-18-13-5-4-6-16-14(13)17-9-11(2)19-12(8-15)10-17/h4-6,11-12H,3,7-10,15H2,1-2H3. The van der Waals surface area contributed by atoms with Crippen molar-refractivity contribution in [2.24, 2.45) is 5.73 Å². The summed E-state index contributed by atoms with van der Waals surface area (Å²) in [6.45, 7) is 6.97. The maximum Gasteiger partial charge on any atom is 0.171 e. The summed E-state index contributed by atoms with van der Waals surface area (Å²) in [7, 11) is 0. The van der Waals surface area contributed by atoms with Crippen LogP contribution in [0.1, 0.15) is 20.3 Å². The first kappa shape index (κ1) is 14.1. The molecular weight excluding hydrogens is 242 g/mol. The highest BCUT2D eigenvalue weighted by molar-refractivity contribution is 5.52. The molecule has 1 fully saturated rings. The summed E-state index contributed by atoms with van der Waals surface area (Å²) < 4.78 is 11.5. The molecule has 106 valence electrons. The monoisotopic (exact) mass is 265 g/mol. The van der Waals surface area contributed by atoms with E-state index in [9.17, 15) is 0 Å². The first-order valence-corrected chi connectivity index (χ1v) is 6.92. The summed E-state index contributed by atoms with van der Waals surface area (Å²) in [5.41, 5.74) is 5.72. The van der Waals surface area contributed by atoms with Crippen molar-refractivity contribution < 1.29 is 9.47 Å². The number of nitrogens with two attached hydrogens (primary N) is 1. The van der Waals surface area contributed by atoms with Crippen LogP contribution in [0.3, 0.4) is 0 Å². The van der Waals surface area contributed by atoms with E-state index in [1.54, 1.807) is 6.20 Å². The minimum Gasteiger partial charge on any atom is -0.490 e. The first-order valence-electron chi connectivity index (χ1n) is 6.92. The Morgan fingerprint density at radius 1 is 1.53 bits per heavy atom. The molecule has 1 aromatic rings. The molecule has 2 atom stereocenters. The Morgan fingerprint density at radius 2 is 2.37 bits per heavy atom. The number of pyridine rings is 1. The van der Waals surface area contributed by atoms with Crippen LogP contribution in [0, 0.1) is 0 Å². The molecule has 0 amide bonds. The molecule has 5 nitrogen and oxygen atoms in total. The Hall–Kier alpha value is -1.33. The third-order valence-corrected chi connectivity index (χ3v) is 3.10. The number of aromatic nitrogens is 1. The first-order chi connectivity index (χ1) is 9.24. The third-order valence-electron chi connectivity index (χ3n) is 3.10. The number of rotatable bonds is 5.